The van der Waals surface area contributed by atoms with Crippen LogP contribution in [0.5, 0.6) is 0 Å². The molecule has 2 rings (SSSR count). The molecule has 0 amide bonds. The lowest BCUT2D eigenvalue weighted by atomic mass is 9.96. The summed E-state index contributed by atoms with van der Waals surface area (Å²) in [6, 6.07) is 9.60. The van der Waals surface area contributed by atoms with Crippen molar-refractivity contribution in [1.82, 2.24) is 0 Å². The predicted octanol–water partition coefficient (Wildman–Crippen LogP) is 3.89. The monoisotopic (exact) mass is 265 g/mol. The van der Waals surface area contributed by atoms with Crippen molar-refractivity contribution < 1.29 is 13.2 Å². The molecule has 1 aromatic rings. The number of nitrogens with zero attached hydrogens (tertiary/aromatic N) is 1. The van der Waals surface area contributed by atoms with E-state index in [2.05, 4.69) is 0 Å². The molecule has 1 aliphatic rings. The summed E-state index contributed by atoms with van der Waals surface area (Å²) < 4.78 is 37.4. The minimum absolute atomic E-state index is 0. The number of rotatable bonds is 1. The number of piperidine rings is 1. The Labute approximate surface area is 105 Å². The maximum atomic E-state index is 12.5. The molecule has 17 heavy (non-hydrogen) atoms. The molecule has 0 unspecified atom stereocenters. The highest BCUT2D eigenvalue weighted by molar-refractivity contribution is 5.85. The third-order valence-corrected chi connectivity index (χ3v) is 3.08. The van der Waals surface area contributed by atoms with Crippen LogP contribution in [-0.2, 0) is 0 Å². The second-order valence-corrected chi connectivity index (χ2v) is 4.14. The van der Waals surface area contributed by atoms with Gasteiger partial charge in [-0.3, -0.25) is 0 Å². The van der Waals surface area contributed by atoms with E-state index in [4.69, 9.17) is 0 Å². The van der Waals surface area contributed by atoms with Gasteiger partial charge in [-0.25, -0.2) is 0 Å². The van der Waals surface area contributed by atoms with E-state index in [-0.39, 0.29) is 25.2 Å². The molecule has 1 nitrogen and oxygen atoms in total. The van der Waals surface area contributed by atoms with E-state index in [9.17, 15) is 13.2 Å². The predicted molar refractivity (Wildman–Crippen MR) is 64.7 cm³/mol. The Morgan fingerprint density at radius 2 is 1.53 bits per heavy atom. The molecule has 0 N–H and O–H groups in total. The molecule has 0 bridgehead atoms. The van der Waals surface area contributed by atoms with Gasteiger partial charge in [0.15, 0.2) is 0 Å². The summed E-state index contributed by atoms with van der Waals surface area (Å²) in [4.78, 5) is 2.02. The Kier molecular flexibility index (Phi) is 4.69. The average Bonchev–Trinajstić information content (AvgIpc) is 2.29. The van der Waals surface area contributed by atoms with E-state index in [1.807, 2.05) is 35.2 Å². The number of halogens is 4. The number of alkyl halides is 3. The van der Waals surface area contributed by atoms with Gasteiger partial charge in [-0.2, -0.15) is 13.2 Å². The van der Waals surface area contributed by atoms with Crippen LogP contribution >= 0.6 is 12.4 Å². The van der Waals surface area contributed by atoms with Crippen molar-refractivity contribution in [3.63, 3.8) is 0 Å². The smallest absolute Gasteiger partial charge is 0.372 e. The lowest BCUT2D eigenvalue weighted by Crippen LogP contribution is -2.38. The van der Waals surface area contributed by atoms with Crippen LogP contribution in [0.25, 0.3) is 0 Å². The van der Waals surface area contributed by atoms with E-state index in [0.29, 0.717) is 13.1 Å². The summed E-state index contributed by atoms with van der Waals surface area (Å²) in [6.07, 6.45) is -3.61. The number of hydrogen-bond donors (Lipinski definition) is 0. The zero-order chi connectivity index (χ0) is 11.6. The van der Waals surface area contributed by atoms with Crippen LogP contribution in [0.4, 0.5) is 18.9 Å². The highest BCUT2D eigenvalue weighted by atomic mass is 35.5. The van der Waals surface area contributed by atoms with Gasteiger partial charge in [0.05, 0.1) is 5.92 Å². The molecule has 0 aliphatic carbocycles. The topological polar surface area (TPSA) is 3.24 Å². The van der Waals surface area contributed by atoms with Crippen LogP contribution in [0.1, 0.15) is 12.8 Å². The molecule has 1 saturated heterocycles. The van der Waals surface area contributed by atoms with Gasteiger partial charge in [0.1, 0.15) is 0 Å². The SMILES string of the molecule is Cl.FC(F)(F)C1CCN(c2ccccc2)CC1. The summed E-state index contributed by atoms with van der Waals surface area (Å²) in [5.74, 6) is -1.12. The summed E-state index contributed by atoms with van der Waals surface area (Å²) in [7, 11) is 0. The highest BCUT2D eigenvalue weighted by Gasteiger charge is 2.40. The Balaban J connectivity index is 0.00000144. The summed E-state index contributed by atoms with van der Waals surface area (Å²) in [6.45, 7) is 0.988. The molecule has 1 heterocycles. The molecule has 1 fully saturated rings. The lowest BCUT2D eigenvalue weighted by molar-refractivity contribution is -0.179. The molecule has 0 spiro atoms. The summed E-state index contributed by atoms with van der Waals surface area (Å²) >= 11 is 0. The zero-order valence-corrected chi connectivity index (χ0v) is 10.1. The fourth-order valence-corrected chi connectivity index (χ4v) is 2.10. The number of anilines is 1. The van der Waals surface area contributed by atoms with Crippen molar-refractivity contribution in [2.45, 2.75) is 19.0 Å². The molecule has 0 atom stereocenters. The first-order valence-electron chi connectivity index (χ1n) is 5.44. The van der Waals surface area contributed by atoms with Gasteiger partial charge in [-0.05, 0) is 25.0 Å². The van der Waals surface area contributed by atoms with Crippen LogP contribution in [0, 0.1) is 5.92 Å². The Bertz CT molecular complexity index is 331. The van der Waals surface area contributed by atoms with Gasteiger partial charge in [0.25, 0.3) is 0 Å². The van der Waals surface area contributed by atoms with E-state index < -0.39 is 12.1 Å². The third-order valence-electron chi connectivity index (χ3n) is 3.08. The summed E-state index contributed by atoms with van der Waals surface area (Å²) in [5, 5.41) is 0. The maximum Gasteiger partial charge on any atom is 0.391 e. The Morgan fingerprint density at radius 3 is 2.00 bits per heavy atom. The molecule has 1 aliphatic heterocycles. The molecular formula is C12H15ClF3N. The largest absolute Gasteiger partial charge is 0.391 e. The molecule has 5 heteroatoms. The number of benzene rings is 1. The maximum absolute atomic E-state index is 12.5. The minimum Gasteiger partial charge on any atom is -0.372 e. The zero-order valence-electron chi connectivity index (χ0n) is 9.28. The first kappa shape index (κ1) is 14.2. The van der Waals surface area contributed by atoms with E-state index in [0.717, 1.165) is 5.69 Å². The normalized spacial score (nSPS) is 17.7. The average molecular weight is 266 g/mol. The molecule has 0 radical (unpaired) electrons. The Hall–Kier alpha value is -0.900. The Morgan fingerprint density at radius 1 is 1.00 bits per heavy atom. The van der Waals surface area contributed by atoms with Gasteiger partial charge < -0.3 is 4.90 Å². The molecule has 0 saturated carbocycles. The van der Waals surface area contributed by atoms with E-state index in [1.54, 1.807) is 0 Å². The van der Waals surface area contributed by atoms with Gasteiger partial charge >= 0.3 is 6.18 Å². The van der Waals surface area contributed by atoms with Gasteiger partial charge in [-0.15, -0.1) is 12.4 Å². The van der Waals surface area contributed by atoms with Crippen LogP contribution in [0.2, 0.25) is 0 Å². The van der Waals surface area contributed by atoms with Crippen molar-refractivity contribution >= 4 is 18.1 Å². The van der Waals surface area contributed by atoms with Crippen molar-refractivity contribution in [2.24, 2.45) is 5.92 Å². The van der Waals surface area contributed by atoms with Crippen molar-refractivity contribution in [3.8, 4) is 0 Å². The van der Waals surface area contributed by atoms with Crippen molar-refractivity contribution in [2.75, 3.05) is 18.0 Å². The van der Waals surface area contributed by atoms with Crippen molar-refractivity contribution in [3.05, 3.63) is 30.3 Å². The van der Waals surface area contributed by atoms with Gasteiger partial charge in [-0.1, -0.05) is 18.2 Å². The fraction of sp³-hybridized carbons (Fsp3) is 0.500. The van der Waals surface area contributed by atoms with Crippen LogP contribution in [0.3, 0.4) is 0 Å². The number of para-hydroxylation sites is 1. The van der Waals surface area contributed by atoms with E-state index >= 15 is 0 Å². The molecule has 0 aromatic heterocycles. The van der Waals surface area contributed by atoms with Crippen molar-refractivity contribution in [1.29, 1.82) is 0 Å². The quantitative estimate of drug-likeness (QED) is 0.745. The van der Waals surface area contributed by atoms with Crippen LogP contribution in [0.15, 0.2) is 30.3 Å². The highest BCUT2D eigenvalue weighted by Crippen LogP contribution is 2.35. The van der Waals surface area contributed by atoms with Crippen LogP contribution < -0.4 is 4.90 Å². The third kappa shape index (κ3) is 3.53. The second kappa shape index (κ2) is 5.63. The van der Waals surface area contributed by atoms with E-state index in [1.165, 1.54) is 0 Å². The van der Waals surface area contributed by atoms with Gasteiger partial charge in [0, 0.05) is 18.8 Å². The first-order valence-corrected chi connectivity index (χ1v) is 5.44. The standard InChI is InChI=1S/C12H14F3N.ClH/c13-12(14,15)10-6-8-16(9-7-10)11-4-2-1-3-5-11;/h1-5,10H,6-9H2;1H. The molecule has 1 aromatic carbocycles. The molecular weight excluding hydrogens is 251 g/mol. The fourth-order valence-electron chi connectivity index (χ4n) is 2.10. The molecule has 96 valence electrons. The first-order chi connectivity index (χ1) is 7.57. The van der Waals surface area contributed by atoms with Gasteiger partial charge in [0.2, 0.25) is 0 Å². The second-order valence-electron chi connectivity index (χ2n) is 4.14. The minimum atomic E-state index is -4.03. The lowest BCUT2D eigenvalue weighted by Gasteiger charge is -2.34. The number of hydrogen-bond acceptors (Lipinski definition) is 1. The van der Waals surface area contributed by atoms with Crippen LogP contribution in [-0.4, -0.2) is 19.3 Å². The summed E-state index contributed by atoms with van der Waals surface area (Å²) in [5.41, 5.74) is 1.02.